The number of rotatable bonds is 11. The Kier molecular flexibility index (Phi) is 8.43. The quantitative estimate of drug-likeness (QED) is 0.138. The topological polar surface area (TPSA) is 147 Å². The number of aromatic carboxylic acids is 1. The number of amidine groups is 1. The Labute approximate surface area is 225 Å². The van der Waals surface area contributed by atoms with Crippen LogP contribution in [0.15, 0.2) is 97.1 Å². The molecule has 4 aromatic carbocycles. The second kappa shape index (κ2) is 12.3. The lowest BCUT2D eigenvalue weighted by Crippen LogP contribution is -2.33. The molecule has 39 heavy (non-hydrogen) atoms. The van der Waals surface area contributed by atoms with Crippen LogP contribution in [-0.2, 0) is 11.3 Å². The monoisotopic (exact) mass is 524 g/mol. The molecule has 198 valence electrons. The molecule has 1 atom stereocenters. The van der Waals surface area contributed by atoms with E-state index >= 15 is 0 Å². The van der Waals surface area contributed by atoms with E-state index in [9.17, 15) is 9.59 Å². The van der Waals surface area contributed by atoms with Crippen molar-refractivity contribution in [2.75, 3.05) is 12.4 Å². The fourth-order valence-corrected chi connectivity index (χ4v) is 3.84. The van der Waals surface area contributed by atoms with E-state index in [1.54, 1.807) is 54.6 Å². The van der Waals surface area contributed by atoms with E-state index < -0.39 is 12.0 Å². The molecule has 6 N–H and O–H groups in total. The lowest BCUT2D eigenvalue weighted by atomic mass is 10.0. The molecular weight excluding hydrogens is 496 g/mol. The minimum atomic E-state index is -1.02. The van der Waals surface area contributed by atoms with Gasteiger partial charge in [-0.2, -0.15) is 0 Å². The van der Waals surface area contributed by atoms with Crippen LogP contribution >= 0.6 is 0 Å². The number of hydrogen-bond donors (Lipinski definition) is 5. The van der Waals surface area contributed by atoms with Gasteiger partial charge >= 0.3 is 5.97 Å². The average molecular weight is 525 g/mol. The summed E-state index contributed by atoms with van der Waals surface area (Å²) in [7, 11) is 1.50. The summed E-state index contributed by atoms with van der Waals surface area (Å²) in [6.45, 7) is 0.353. The van der Waals surface area contributed by atoms with Crippen molar-refractivity contribution >= 4 is 23.4 Å². The molecule has 0 aliphatic rings. The number of amides is 1. The zero-order chi connectivity index (χ0) is 27.8. The summed E-state index contributed by atoms with van der Waals surface area (Å²) in [5, 5.41) is 22.9. The van der Waals surface area contributed by atoms with Crippen molar-refractivity contribution in [2.24, 2.45) is 5.73 Å². The molecule has 9 nitrogen and oxygen atoms in total. The summed E-state index contributed by atoms with van der Waals surface area (Å²) in [6, 6.07) is 26.9. The molecular formula is C30H28N4O5. The van der Waals surface area contributed by atoms with Crippen LogP contribution in [0.5, 0.6) is 17.2 Å². The number of carboxylic acid groups (broad SMARTS) is 1. The van der Waals surface area contributed by atoms with Crippen LogP contribution in [0, 0.1) is 5.41 Å². The fourth-order valence-electron chi connectivity index (χ4n) is 3.84. The van der Waals surface area contributed by atoms with Crippen molar-refractivity contribution in [3.63, 3.8) is 0 Å². The van der Waals surface area contributed by atoms with Gasteiger partial charge in [-0.25, -0.2) is 4.79 Å². The molecule has 1 amide bonds. The Bertz CT molecular complexity index is 1460. The average Bonchev–Trinajstić information content (AvgIpc) is 2.96. The van der Waals surface area contributed by atoms with Crippen LogP contribution in [0.1, 0.15) is 33.1 Å². The SMILES string of the molecule is COc1cc(C(Nc2ccc(C(=N)N)cc2)C(=O)NCc2ccccc2)ccc1Oc1ccc(C(=O)O)cc1. The lowest BCUT2D eigenvalue weighted by Gasteiger charge is -2.22. The molecule has 1 unspecified atom stereocenters. The number of nitrogen functional groups attached to an aromatic ring is 1. The maximum absolute atomic E-state index is 13.4. The van der Waals surface area contributed by atoms with Crippen LogP contribution in [0.2, 0.25) is 0 Å². The first-order chi connectivity index (χ1) is 18.8. The van der Waals surface area contributed by atoms with E-state index in [0.717, 1.165) is 5.56 Å². The molecule has 4 aromatic rings. The van der Waals surface area contributed by atoms with Gasteiger partial charge in [-0.1, -0.05) is 36.4 Å². The number of methoxy groups -OCH3 is 1. The van der Waals surface area contributed by atoms with E-state index in [1.807, 2.05) is 30.3 Å². The number of anilines is 1. The largest absolute Gasteiger partial charge is 0.493 e. The second-order valence-corrected chi connectivity index (χ2v) is 8.61. The smallest absolute Gasteiger partial charge is 0.335 e. The zero-order valence-electron chi connectivity index (χ0n) is 21.2. The molecule has 0 radical (unpaired) electrons. The first-order valence-electron chi connectivity index (χ1n) is 12.1. The highest BCUT2D eigenvalue weighted by molar-refractivity contribution is 5.95. The number of nitrogens with two attached hydrogens (primary N) is 1. The van der Waals surface area contributed by atoms with Crippen LogP contribution in [-0.4, -0.2) is 29.9 Å². The van der Waals surface area contributed by atoms with Crippen LogP contribution in [0.4, 0.5) is 5.69 Å². The number of nitrogens with one attached hydrogen (secondary N) is 3. The van der Waals surface area contributed by atoms with Gasteiger partial charge in [0.2, 0.25) is 5.91 Å². The molecule has 0 saturated heterocycles. The van der Waals surface area contributed by atoms with Crippen LogP contribution in [0.3, 0.4) is 0 Å². The normalized spacial score (nSPS) is 11.2. The van der Waals surface area contributed by atoms with Gasteiger partial charge in [-0.3, -0.25) is 10.2 Å². The first-order valence-corrected chi connectivity index (χ1v) is 12.1. The van der Waals surface area contributed by atoms with Gasteiger partial charge in [0, 0.05) is 17.8 Å². The predicted molar refractivity (Wildman–Crippen MR) is 149 cm³/mol. The zero-order valence-corrected chi connectivity index (χ0v) is 21.2. The third-order valence-electron chi connectivity index (χ3n) is 5.93. The highest BCUT2D eigenvalue weighted by Crippen LogP contribution is 2.35. The van der Waals surface area contributed by atoms with Crippen molar-refractivity contribution < 1.29 is 24.2 Å². The maximum atomic E-state index is 13.4. The molecule has 0 bridgehead atoms. The van der Waals surface area contributed by atoms with E-state index in [-0.39, 0.29) is 17.3 Å². The Balaban J connectivity index is 1.60. The second-order valence-electron chi connectivity index (χ2n) is 8.61. The third kappa shape index (κ3) is 6.92. The van der Waals surface area contributed by atoms with E-state index in [1.165, 1.54) is 19.2 Å². The van der Waals surface area contributed by atoms with Crippen molar-refractivity contribution in [3.8, 4) is 17.2 Å². The summed E-state index contributed by atoms with van der Waals surface area (Å²) in [4.78, 5) is 24.5. The molecule has 0 aliphatic heterocycles. The highest BCUT2D eigenvalue weighted by Gasteiger charge is 2.23. The summed E-state index contributed by atoms with van der Waals surface area (Å²) < 4.78 is 11.5. The van der Waals surface area contributed by atoms with Crippen LogP contribution < -0.4 is 25.8 Å². The van der Waals surface area contributed by atoms with E-state index in [4.69, 9.17) is 25.7 Å². The molecule has 0 fully saturated rings. The van der Waals surface area contributed by atoms with E-state index in [2.05, 4.69) is 10.6 Å². The van der Waals surface area contributed by atoms with Crippen molar-refractivity contribution in [3.05, 3.63) is 119 Å². The van der Waals surface area contributed by atoms with Crippen molar-refractivity contribution in [1.29, 1.82) is 5.41 Å². The number of benzene rings is 4. The molecule has 0 spiro atoms. The van der Waals surface area contributed by atoms with E-state index in [0.29, 0.717) is 40.6 Å². The Morgan fingerprint density at radius 2 is 1.56 bits per heavy atom. The van der Waals surface area contributed by atoms with Gasteiger partial charge in [0.05, 0.1) is 12.7 Å². The number of carbonyl (C=O) groups excluding carboxylic acids is 1. The number of hydrogen-bond acceptors (Lipinski definition) is 6. The Morgan fingerprint density at radius 3 is 2.18 bits per heavy atom. The number of carboxylic acids is 1. The standard InChI is InChI=1S/C30H28N4O5/c1-38-26-17-22(11-16-25(26)39-24-14-9-21(10-15-24)30(36)37)27(29(35)33-18-19-5-3-2-4-6-19)34-23-12-7-20(8-13-23)28(31)32/h2-17,27,34H,18H2,1H3,(H3,31,32)(H,33,35)(H,36,37). The fraction of sp³-hybridized carbons (Fsp3) is 0.100. The van der Waals surface area contributed by atoms with Gasteiger partial charge in [-0.05, 0) is 71.8 Å². The molecule has 0 aliphatic carbocycles. The number of carbonyl (C=O) groups is 2. The van der Waals surface area contributed by atoms with Gasteiger partial charge in [0.15, 0.2) is 11.5 Å². The summed E-state index contributed by atoms with van der Waals surface area (Å²) >= 11 is 0. The van der Waals surface area contributed by atoms with Gasteiger partial charge in [0.25, 0.3) is 0 Å². The van der Waals surface area contributed by atoms with Crippen molar-refractivity contribution in [1.82, 2.24) is 5.32 Å². The van der Waals surface area contributed by atoms with Crippen LogP contribution in [0.25, 0.3) is 0 Å². The molecule has 0 heterocycles. The Hall–Kier alpha value is -5.31. The van der Waals surface area contributed by atoms with Gasteiger partial charge in [-0.15, -0.1) is 0 Å². The highest BCUT2D eigenvalue weighted by atomic mass is 16.5. The van der Waals surface area contributed by atoms with Gasteiger partial charge in [0.1, 0.15) is 17.6 Å². The summed E-state index contributed by atoms with van der Waals surface area (Å²) in [5.41, 5.74) is 8.55. The molecule has 4 rings (SSSR count). The maximum Gasteiger partial charge on any atom is 0.335 e. The molecule has 9 heteroatoms. The lowest BCUT2D eigenvalue weighted by molar-refractivity contribution is -0.122. The minimum absolute atomic E-state index is 0.0448. The summed E-state index contributed by atoms with van der Waals surface area (Å²) in [6.07, 6.45) is 0. The first kappa shape index (κ1) is 26.7. The summed E-state index contributed by atoms with van der Waals surface area (Å²) in [5.74, 6) is -0.0931. The van der Waals surface area contributed by atoms with Gasteiger partial charge < -0.3 is 30.9 Å². The Morgan fingerprint density at radius 1 is 0.897 bits per heavy atom. The molecule has 0 aromatic heterocycles. The molecule has 0 saturated carbocycles. The minimum Gasteiger partial charge on any atom is -0.493 e. The predicted octanol–water partition coefficient (Wildman–Crippen LogP) is 4.94. The third-order valence-corrected chi connectivity index (χ3v) is 5.93. The number of ether oxygens (including phenoxy) is 2. The van der Waals surface area contributed by atoms with Crippen molar-refractivity contribution in [2.45, 2.75) is 12.6 Å².